The minimum atomic E-state index is -0.918. The van der Waals surface area contributed by atoms with Crippen molar-refractivity contribution in [1.82, 2.24) is 21.3 Å². The Kier molecular flexibility index (Phi) is 26.7. The van der Waals surface area contributed by atoms with Crippen LogP contribution in [0.4, 0.5) is 0 Å². The summed E-state index contributed by atoms with van der Waals surface area (Å²) in [7, 11) is 0. The summed E-state index contributed by atoms with van der Waals surface area (Å²) >= 11 is 0. The van der Waals surface area contributed by atoms with Crippen LogP contribution >= 0.6 is 0 Å². The van der Waals surface area contributed by atoms with Crippen molar-refractivity contribution in [1.29, 1.82) is 0 Å². The molecule has 6 aromatic rings. The molecule has 0 aliphatic heterocycles. The van der Waals surface area contributed by atoms with Crippen LogP contribution in [0.1, 0.15) is 46.2 Å². The monoisotopic (exact) mass is 981 g/mol. The minimum absolute atomic E-state index is 0.0192. The Balaban J connectivity index is 1.08. The second-order valence-corrected chi connectivity index (χ2v) is 18.5. The first-order chi connectivity index (χ1) is 35.5. The van der Waals surface area contributed by atoms with E-state index < -0.39 is 11.6 Å². The van der Waals surface area contributed by atoms with Crippen molar-refractivity contribution in [3.8, 4) is 0 Å². The van der Waals surface area contributed by atoms with Crippen LogP contribution in [0.3, 0.4) is 0 Å². The quantitative estimate of drug-likeness (QED) is 0.0211. The van der Waals surface area contributed by atoms with Crippen molar-refractivity contribution in [2.24, 2.45) is 11.5 Å². The first-order valence-electron chi connectivity index (χ1n) is 25.7. The normalized spacial score (nSPS) is 14.1. The molecule has 12 nitrogen and oxygen atoms in total. The van der Waals surface area contributed by atoms with E-state index in [2.05, 4.69) is 94.1 Å². The van der Waals surface area contributed by atoms with Gasteiger partial charge in [0.1, 0.15) is 0 Å². The number of rotatable bonds is 39. The fourth-order valence-electron chi connectivity index (χ4n) is 8.21. The highest BCUT2D eigenvalue weighted by atomic mass is 16.5. The van der Waals surface area contributed by atoms with Crippen LogP contribution in [-0.4, -0.2) is 102 Å². The van der Waals surface area contributed by atoms with Gasteiger partial charge < -0.3 is 61.2 Å². The molecular weight excluding hydrogens is 901 g/mol. The first kappa shape index (κ1) is 56.1. The maximum absolute atomic E-state index is 7.50. The van der Waals surface area contributed by atoms with Crippen LogP contribution in [-0.2, 0) is 68.1 Å². The summed E-state index contributed by atoms with van der Waals surface area (Å²) < 4.78 is 37.9. The molecular formula is C60H80N6O6. The fraction of sp³-hybridized carbons (Fsp3) is 0.400. The van der Waals surface area contributed by atoms with Gasteiger partial charge in [-0.05, 0) is 59.3 Å². The lowest BCUT2D eigenvalue weighted by Crippen LogP contribution is -2.62. The lowest BCUT2D eigenvalue weighted by molar-refractivity contribution is -0.0525. The third-order valence-electron chi connectivity index (χ3n) is 12.2. The largest absolute Gasteiger partial charge is 0.377 e. The van der Waals surface area contributed by atoms with Crippen LogP contribution in [0, 0.1) is 0 Å². The van der Waals surface area contributed by atoms with Crippen LogP contribution in [0.25, 0.3) is 0 Å². The molecule has 0 spiro atoms. The SMILES string of the molecule is NC(CNCC(N)(COCc1ccccc1)C(CCNC(CNCC(COCc1ccccc1)NCCCOCc1ccccc1)COCc1ccccc1)OCc1ccccc1)COCc1ccccc1. The summed E-state index contributed by atoms with van der Waals surface area (Å²) in [5.41, 5.74) is 19.9. The smallest absolute Gasteiger partial charge is 0.0806 e. The first-order valence-corrected chi connectivity index (χ1v) is 25.7. The molecule has 72 heavy (non-hydrogen) atoms. The van der Waals surface area contributed by atoms with E-state index in [-0.39, 0.29) is 24.7 Å². The number of hydrogen-bond donors (Lipinski definition) is 6. The third-order valence-corrected chi connectivity index (χ3v) is 12.2. The lowest BCUT2D eigenvalue weighted by atomic mass is 9.91. The predicted octanol–water partition coefficient (Wildman–Crippen LogP) is 7.56. The molecule has 0 fully saturated rings. The number of hydrogen-bond acceptors (Lipinski definition) is 12. The molecule has 5 unspecified atom stereocenters. The molecule has 6 aromatic carbocycles. The van der Waals surface area contributed by atoms with Gasteiger partial charge in [-0.3, -0.25) is 0 Å². The number of benzene rings is 6. The maximum Gasteiger partial charge on any atom is 0.0806 e. The highest BCUT2D eigenvalue weighted by molar-refractivity contribution is 5.17. The van der Waals surface area contributed by atoms with Crippen molar-refractivity contribution in [3.05, 3.63) is 215 Å². The van der Waals surface area contributed by atoms with Crippen molar-refractivity contribution in [3.63, 3.8) is 0 Å². The molecule has 0 saturated heterocycles. The molecule has 0 amide bonds. The van der Waals surface area contributed by atoms with Crippen LogP contribution in [0.5, 0.6) is 0 Å². The molecule has 0 heterocycles. The Morgan fingerprint density at radius 1 is 0.417 bits per heavy atom. The molecule has 6 rings (SSSR count). The molecule has 0 saturated carbocycles. The van der Waals surface area contributed by atoms with Gasteiger partial charge in [0.2, 0.25) is 0 Å². The van der Waals surface area contributed by atoms with Crippen molar-refractivity contribution in [2.75, 3.05) is 72.3 Å². The summed E-state index contributed by atoms with van der Waals surface area (Å²) in [6, 6.07) is 61.2. The van der Waals surface area contributed by atoms with Gasteiger partial charge >= 0.3 is 0 Å². The Bertz CT molecular complexity index is 2220. The van der Waals surface area contributed by atoms with Gasteiger partial charge in [-0.2, -0.15) is 0 Å². The zero-order chi connectivity index (χ0) is 50.0. The highest BCUT2D eigenvalue weighted by Crippen LogP contribution is 2.19. The Morgan fingerprint density at radius 2 is 0.806 bits per heavy atom. The van der Waals surface area contributed by atoms with E-state index in [4.69, 9.17) is 39.9 Å². The molecule has 12 heteroatoms. The second-order valence-electron chi connectivity index (χ2n) is 18.5. The van der Waals surface area contributed by atoms with Gasteiger partial charge in [-0.15, -0.1) is 0 Å². The fourth-order valence-corrected chi connectivity index (χ4v) is 8.21. The summed E-state index contributed by atoms with van der Waals surface area (Å²) in [5, 5.41) is 14.9. The summed E-state index contributed by atoms with van der Waals surface area (Å²) in [5.74, 6) is 0. The Labute approximate surface area is 429 Å². The van der Waals surface area contributed by atoms with E-state index in [1.807, 2.05) is 109 Å². The topological polar surface area (TPSA) is 156 Å². The molecule has 0 radical (unpaired) electrons. The minimum Gasteiger partial charge on any atom is -0.377 e. The van der Waals surface area contributed by atoms with E-state index in [0.29, 0.717) is 105 Å². The van der Waals surface area contributed by atoms with E-state index in [0.717, 1.165) is 40.8 Å². The third kappa shape index (κ3) is 23.2. The number of nitrogens with two attached hydrogens (primary N) is 2. The van der Waals surface area contributed by atoms with Crippen molar-refractivity contribution >= 4 is 0 Å². The molecule has 0 aliphatic carbocycles. The van der Waals surface area contributed by atoms with Gasteiger partial charge in [0.25, 0.3) is 0 Å². The lowest BCUT2D eigenvalue weighted by Gasteiger charge is -2.38. The van der Waals surface area contributed by atoms with Gasteiger partial charge in [-0.25, -0.2) is 0 Å². The highest BCUT2D eigenvalue weighted by Gasteiger charge is 2.36. The molecule has 386 valence electrons. The van der Waals surface area contributed by atoms with E-state index in [1.165, 1.54) is 5.56 Å². The van der Waals surface area contributed by atoms with Gasteiger partial charge in [0.05, 0.1) is 77.7 Å². The van der Waals surface area contributed by atoms with Gasteiger partial charge in [-0.1, -0.05) is 182 Å². The molecule has 0 aliphatic rings. The zero-order valence-electron chi connectivity index (χ0n) is 42.2. The van der Waals surface area contributed by atoms with E-state index in [9.17, 15) is 0 Å². The summed E-state index contributed by atoms with van der Waals surface area (Å²) in [4.78, 5) is 0. The standard InChI is InChI=1S/C60H80N6O6/c61-56(45-68-40-51-22-9-2-10-23-51)36-64-48-60(62,49-71-43-54-28-15-5-16-29-54)59(72-44-55-30-17-6-18-31-55)32-34-66-58(47-70-42-53-26-13-4-14-27-53)38-63-37-57(46-69-41-52-24-11-3-12-25-52)65-33-19-35-67-39-50-20-7-1-8-21-50/h1-18,20-31,56-59,63-66H,19,32-49,61-62H2. The number of nitrogens with one attached hydrogen (secondary N) is 4. The molecule has 0 aromatic heterocycles. The zero-order valence-corrected chi connectivity index (χ0v) is 42.2. The van der Waals surface area contributed by atoms with Crippen LogP contribution < -0.4 is 32.7 Å². The summed E-state index contributed by atoms with van der Waals surface area (Å²) in [6.07, 6.45) is 1.11. The molecule has 0 bridgehead atoms. The van der Waals surface area contributed by atoms with Gasteiger partial charge in [0.15, 0.2) is 0 Å². The van der Waals surface area contributed by atoms with Crippen molar-refractivity contribution in [2.45, 2.75) is 82.3 Å². The average molecular weight is 981 g/mol. The second kappa shape index (κ2) is 34.3. The molecule has 5 atom stereocenters. The maximum atomic E-state index is 7.50. The summed E-state index contributed by atoms with van der Waals surface area (Å²) in [6.45, 7) is 9.14. The van der Waals surface area contributed by atoms with Gasteiger partial charge in [0, 0.05) is 50.9 Å². The van der Waals surface area contributed by atoms with E-state index >= 15 is 0 Å². The average Bonchev–Trinajstić information content (AvgIpc) is 3.42. The predicted molar refractivity (Wildman–Crippen MR) is 289 cm³/mol. The van der Waals surface area contributed by atoms with Crippen LogP contribution in [0.2, 0.25) is 0 Å². The Morgan fingerprint density at radius 3 is 1.26 bits per heavy atom. The number of ether oxygens (including phenoxy) is 6. The van der Waals surface area contributed by atoms with Crippen molar-refractivity contribution < 1.29 is 28.4 Å². The van der Waals surface area contributed by atoms with E-state index in [1.54, 1.807) is 0 Å². The Hall–Kier alpha value is -5.16. The van der Waals surface area contributed by atoms with Crippen LogP contribution in [0.15, 0.2) is 182 Å². The molecule has 8 N–H and O–H groups in total.